The molecule has 0 spiro atoms. The SMILES string of the molecule is C[C@H](Cl)C(=O)Nc1ccc(F)c(Cl)c1. The largest absolute Gasteiger partial charge is 0.325 e. The van der Waals surface area contributed by atoms with Crippen LogP contribution in [0.15, 0.2) is 18.2 Å². The van der Waals surface area contributed by atoms with Gasteiger partial charge in [-0.3, -0.25) is 4.79 Å². The monoisotopic (exact) mass is 235 g/mol. The average Bonchev–Trinajstić information content (AvgIpc) is 2.11. The summed E-state index contributed by atoms with van der Waals surface area (Å²) < 4.78 is 12.7. The topological polar surface area (TPSA) is 29.1 Å². The molecule has 0 heterocycles. The molecule has 1 aromatic carbocycles. The average molecular weight is 236 g/mol. The molecule has 0 radical (unpaired) electrons. The van der Waals surface area contributed by atoms with E-state index >= 15 is 0 Å². The number of carbonyl (C=O) groups excluding carboxylic acids is 1. The van der Waals surface area contributed by atoms with Crippen molar-refractivity contribution in [2.75, 3.05) is 5.32 Å². The summed E-state index contributed by atoms with van der Waals surface area (Å²) in [6.07, 6.45) is 0. The van der Waals surface area contributed by atoms with Crippen molar-refractivity contribution in [3.8, 4) is 0 Å². The van der Waals surface area contributed by atoms with Crippen LogP contribution in [0.1, 0.15) is 6.92 Å². The minimum atomic E-state index is -0.640. The zero-order valence-electron chi connectivity index (χ0n) is 7.35. The molecular formula is C9H8Cl2FNO. The van der Waals surface area contributed by atoms with Crippen LogP contribution in [0.5, 0.6) is 0 Å². The van der Waals surface area contributed by atoms with Crippen LogP contribution in [0.4, 0.5) is 10.1 Å². The molecule has 0 bridgehead atoms. The second kappa shape index (κ2) is 4.62. The number of amides is 1. The van der Waals surface area contributed by atoms with Gasteiger partial charge in [-0.25, -0.2) is 4.39 Å². The molecule has 0 aromatic heterocycles. The predicted molar refractivity (Wildman–Crippen MR) is 55.4 cm³/mol. The Balaban J connectivity index is 2.78. The number of alkyl halides is 1. The summed E-state index contributed by atoms with van der Waals surface area (Å²) in [5.74, 6) is -0.877. The normalized spacial score (nSPS) is 12.3. The molecule has 1 N–H and O–H groups in total. The number of carbonyl (C=O) groups is 1. The van der Waals surface area contributed by atoms with Crippen molar-refractivity contribution in [1.82, 2.24) is 0 Å². The van der Waals surface area contributed by atoms with Gasteiger partial charge in [-0.2, -0.15) is 0 Å². The van der Waals surface area contributed by atoms with E-state index in [1.54, 1.807) is 6.92 Å². The summed E-state index contributed by atoms with van der Waals surface area (Å²) in [4.78, 5) is 11.1. The molecule has 0 unspecified atom stereocenters. The van der Waals surface area contributed by atoms with Crippen molar-refractivity contribution in [3.63, 3.8) is 0 Å². The van der Waals surface area contributed by atoms with Gasteiger partial charge in [-0.05, 0) is 25.1 Å². The minimum absolute atomic E-state index is 0.0370. The third-order valence-corrected chi connectivity index (χ3v) is 2.04. The Kier molecular flexibility index (Phi) is 3.72. The Morgan fingerprint density at radius 3 is 2.71 bits per heavy atom. The Labute approximate surface area is 91.0 Å². The van der Waals surface area contributed by atoms with Gasteiger partial charge in [0.2, 0.25) is 5.91 Å². The number of anilines is 1. The summed E-state index contributed by atoms with van der Waals surface area (Å²) in [5, 5.41) is 1.81. The molecule has 0 fully saturated rings. The number of rotatable bonds is 2. The first-order valence-electron chi connectivity index (χ1n) is 3.90. The smallest absolute Gasteiger partial charge is 0.242 e. The van der Waals surface area contributed by atoms with Crippen LogP contribution in [-0.4, -0.2) is 11.3 Å². The standard InChI is InChI=1S/C9H8Cl2FNO/c1-5(10)9(14)13-6-2-3-8(12)7(11)4-6/h2-5H,1H3,(H,13,14)/t5-/m0/s1. The van der Waals surface area contributed by atoms with Gasteiger partial charge in [0.15, 0.2) is 0 Å². The minimum Gasteiger partial charge on any atom is -0.325 e. The van der Waals surface area contributed by atoms with Gasteiger partial charge in [-0.1, -0.05) is 11.6 Å². The highest BCUT2D eigenvalue weighted by atomic mass is 35.5. The fraction of sp³-hybridized carbons (Fsp3) is 0.222. The number of hydrogen-bond donors (Lipinski definition) is 1. The summed E-state index contributed by atoms with van der Waals surface area (Å²) >= 11 is 11.0. The summed E-state index contributed by atoms with van der Waals surface area (Å²) in [6.45, 7) is 1.54. The molecule has 0 saturated heterocycles. The van der Waals surface area contributed by atoms with E-state index in [1.165, 1.54) is 18.2 Å². The van der Waals surface area contributed by atoms with Crippen molar-refractivity contribution < 1.29 is 9.18 Å². The molecule has 1 aromatic rings. The Bertz CT molecular complexity index is 355. The van der Waals surface area contributed by atoms with Gasteiger partial charge in [0.1, 0.15) is 11.2 Å². The van der Waals surface area contributed by atoms with Crippen LogP contribution in [0, 0.1) is 5.82 Å². The van der Waals surface area contributed by atoms with Gasteiger partial charge in [-0.15, -0.1) is 11.6 Å². The molecule has 0 aliphatic carbocycles. The van der Waals surface area contributed by atoms with E-state index in [-0.39, 0.29) is 10.9 Å². The highest BCUT2D eigenvalue weighted by Gasteiger charge is 2.09. The first kappa shape index (κ1) is 11.3. The van der Waals surface area contributed by atoms with E-state index in [0.717, 1.165) is 0 Å². The van der Waals surface area contributed by atoms with Crippen molar-refractivity contribution >= 4 is 34.8 Å². The Morgan fingerprint density at radius 1 is 1.57 bits per heavy atom. The second-order valence-corrected chi connectivity index (χ2v) is 3.80. The van der Waals surface area contributed by atoms with E-state index in [2.05, 4.69) is 5.32 Å². The van der Waals surface area contributed by atoms with Crippen molar-refractivity contribution in [2.24, 2.45) is 0 Å². The summed E-state index contributed by atoms with van der Waals surface area (Å²) in [6, 6.07) is 3.92. The molecule has 76 valence electrons. The van der Waals surface area contributed by atoms with E-state index in [1.807, 2.05) is 0 Å². The van der Waals surface area contributed by atoms with Crippen molar-refractivity contribution in [3.05, 3.63) is 29.0 Å². The van der Waals surface area contributed by atoms with Crippen LogP contribution in [0.2, 0.25) is 5.02 Å². The molecule has 14 heavy (non-hydrogen) atoms. The van der Waals surface area contributed by atoms with Gasteiger partial charge < -0.3 is 5.32 Å². The lowest BCUT2D eigenvalue weighted by atomic mass is 10.3. The van der Waals surface area contributed by atoms with Crippen molar-refractivity contribution in [2.45, 2.75) is 12.3 Å². The van der Waals surface area contributed by atoms with Crippen LogP contribution < -0.4 is 5.32 Å². The van der Waals surface area contributed by atoms with Gasteiger partial charge in [0.25, 0.3) is 0 Å². The van der Waals surface area contributed by atoms with Gasteiger partial charge in [0, 0.05) is 5.69 Å². The molecule has 1 rings (SSSR count). The lowest BCUT2D eigenvalue weighted by molar-refractivity contribution is -0.115. The highest BCUT2D eigenvalue weighted by molar-refractivity contribution is 6.32. The van der Waals surface area contributed by atoms with E-state index < -0.39 is 11.2 Å². The first-order chi connectivity index (χ1) is 6.50. The Hall–Kier alpha value is -0.800. The Morgan fingerprint density at radius 2 is 2.21 bits per heavy atom. The lowest BCUT2D eigenvalue weighted by Gasteiger charge is -2.06. The molecule has 0 aliphatic heterocycles. The van der Waals surface area contributed by atoms with Crippen LogP contribution >= 0.6 is 23.2 Å². The maximum Gasteiger partial charge on any atom is 0.242 e. The third kappa shape index (κ3) is 2.86. The van der Waals surface area contributed by atoms with Gasteiger partial charge >= 0.3 is 0 Å². The maximum atomic E-state index is 12.7. The second-order valence-electron chi connectivity index (χ2n) is 2.73. The molecule has 2 nitrogen and oxygen atoms in total. The van der Waals surface area contributed by atoms with Crippen LogP contribution in [0.25, 0.3) is 0 Å². The highest BCUT2D eigenvalue weighted by Crippen LogP contribution is 2.19. The number of halogens is 3. The molecule has 5 heteroatoms. The lowest BCUT2D eigenvalue weighted by Crippen LogP contribution is -2.20. The molecular weight excluding hydrogens is 228 g/mol. The van der Waals surface area contributed by atoms with Crippen LogP contribution in [-0.2, 0) is 4.79 Å². The summed E-state index contributed by atoms with van der Waals surface area (Å²) in [5.41, 5.74) is 0.425. The quantitative estimate of drug-likeness (QED) is 0.785. The van der Waals surface area contributed by atoms with Gasteiger partial charge in [0.05, 0.1) is 5.02 Å². The zero-order valence-corrected chi connectivity index (χ0v) is 8.86. The molecule has 0 aliphatic rings. The third-order valence-electron chi connectivity index (χ3n) is 1.55. The molecule has 1 atom stereocenters. The number of nitrogens with one attached hydrogen (secondary N) is 1. The molecule has 0 saturated carbocycles. The van der Waals surface area contributed by atoms with Crippen molar-refractivity contribution in [1.29, 1.82) is 0 Å². The number of benzene rings is 1. The predicted octanol–water partition coefficient (Wildman–Crippen LogP) is 3.04. The number of hydrogen-bond acceptors (Lipinski definition) is 1. The van der Waals surface area contributed by atoms with E-state index in [0.29, 0.717) is 5.69 Å². The summed E-state index contributed by atoms with van der Waals surface area (Å²) in [7, 11) is 0. The van der Waals surface area contributed by atoms with E-state index in [4.69, 9.17) is 23.2 Å². The zero-order chi connectivity index (χ0) is 10.7. The maximum absolute atomic E-state index is 12.7. The fourth-order valence-electron chi connectivity index (χ4n) is 0.816. The first-order valence-corrected chi connectivity index (χ1v) is 4.72. The van der Waals surface area contributed by atoms with Crippen LogP contribution in [0.3, 0.4) is 0 Å². The fourth-order valence-corrected chi connectivity index (χ4v) is 1.05. The van der Waals surface area contributed by atoms with E-state index in [9.17, 15) is 9.18 Å². The molecule has 1 amide bonds.